The lowest BCUT2D eigenvalue weighted by Gasteiger charge is -2.36. The molecule has 1 aliphatic rings. The maximum absolute atomic E-state index is 13.3. The van der Waals surface area contributed by atoms with E-state index in [1.165, 1.54) is 0 Å². The van der Waals surface area contributed by atoms with Crippen molar-refractivity contribution in [1.29, 1.82) is 0 Å². The first kappa shape index (κ1) is 23.5. The maximum Gasteiger partial charge on any atom is 0.340 e. The lowest BCUT2D eigenvalue weighted by Crippen LogP contribution is -2.34. The number of rotatable bonds is 6. The molecule has 0 atom stereocenters. The molecule has 6 nitrogen and oxygen atoms in total. The molecule has 0 aliphatic carbocycles. The summed E-state index contributed by atoms with van der Waals surface area (Å²) in [5.74, 6) is -0.307. The van der Waals surface area contributed by atoms with Gasteiger partial charge in [-0.2, -0.15) is 0 Å². The van der Waals surface area contributed by atoms with Crippen molar-refractivity contribution in [1.82, 2.24) is 0 Å². The Morgan fingerprint density at radius 1 is 0.588 bits per heavy atom. The van der Waals surface area contributed by atoms with Crippen molar-refractivity contribution in [2.24, 2.45) is 0 Å². The summed E-state index contributed by atoms with van der Waals surface area (Å²) in [6.45, 7) is 0. The van der Waals surface area contributed by atoms with Crippen LogP contribution in [0, 0.1) is 0 Å². The molecule has 0 saturated heterocycles. The molecule has 0 saturated carbocycles. The van der Waals surface area contributed by atoms with Crippen LogP contribution in [0.4, 0.5) is 22.7 Å². The van der Waals surface area contributed by atoms with Crippen LogP contribution in [0.2, 0.25) is 0 Å². The molecule has 0 aromatic heterocycles. The molecule has 0 spiro atoms. The number of ether oxygens (including phenoxy) is 1. The van der Waals surface area contributed by atoms with Gasteiger partial charge in [-0.1, -0.05) is 30.3 Å². The van der Waals surface area contributed by atoms with Gasteiger partial charge >= 0.3 is 5.97 Å². The van der Waals surface area contributed by atoms with Crippen molar-refractivity contribution >= 4 is 28.7 Å². The Morgan fingerprint density at radius 3 is 1.50 bits per heavy atom. The van der Waals surface area contributed by atoms with E-state index < -0.39 is 5.60 Å². The Labute approximate surface area is 203 Å². The van der Waals surface area contributed by atoms with Crippen LogP contribution in [0.25, 0.3) is 0 Å². The lowest BCUT2D eigenvalue weighted by atomic mass is 9.77. The van der Waals surface area contributed by atoms with E-state index in [4.69, 9.17) is 4.74 Å². The number of fused-ring (bicyclic) bond motifs is 1. The van der Waals surface area contributed by atoms with Crippen molar-refractivity contribution < 1.29 is 9.53 Å². The number of carbonyl (C=O) groups is 1. The Morgan fingerprint density at radius 2 is 1.06 bits per heavy atom. The van der Waals surface area contributed by atoms with Gasteiger partial charge < -0.3 is 24.3 Å². The third kappa shape index (κ3) is 3.63. The minimum atomic E-state index is -1.08. The SMILES string of the molecule is CN(C)c1ccc(C2(c3ccc(N(C)C)cc3N(C)C)OC(=O)c3ccccc32)c(N(C)C)c1. The molecule has 0 amide bonds. The third-order valence-corrected chi connectivity index (χ3v) is 6.49. The van der Waals surface area contributed by atoms with E-state index in [0.717, 1.165) is 39.4 Å². The highest BCUT2D eigenvalue weighted by Gasteiger charge is 2.51. The van der Waals surface area contributed by atoms with E-state index in [0.29, 0.717) is 5.56 Å². The molecule has 0 bridgehead atoms. The lowest BCUT2D eigenvalue weighted by molar-refractivity contribution is 0.0254. The van der Waals surface area contributed by atoms with Crippen LogP contribution in [0.3, 0.4) is 0 Å². The topological polar surface area (TPSA) is 39.3 Å². The molecule has 1 heterocycles. The van der Waals surface area contributed by atoms with Gasteiger partial charge in [-0.15, -0.1) is 0 Å². The molecule has 4 rings (SSSR count). The molecular weight excluding hydrogens is 424 g/mol. The zero-order chi connectivity index (χ0) is 24.8. The number of hydrogen-bond acceptors (Lipinski definition) is 6. The first-order valence-corrected chi connectivity index (χ1v) is 11.4. The van der Waals surface area contributed by atoms with Crippen LogP contribution in [0.1, 0.15) is 27.0 Å². The maximum atomic E-state index is 13.3. The molecule has 3 aromatic rings. The number of hydrogen-bond donors (Lipinski definition) is 0. The van der Waals surface area contributed by atoms with Gasteiger partial charge in [0.25, 0.3) is 0 Å². The van der Waals surface area contributed by atoms with Crippen molar-refractivity contribution in [3.8, 4) is 0 Å². The highest BCUT2D eigenvalue weighted by atomic mass is 16.6. The van der Waals surface area contributed by atoms with Gasteiger partial charge in [-0.25, -0.2) is 4.79 Å². The summed E-state index contributed by atoms with van der Waals surface area (Å²) in [6, 6.07) is 20.4. The van der Waals surface area contributed by atoms with Crippen molar-refractivity contribution in [2.75, 3.05) is 76.0 Å². The van der Waals surface area contributed by atoms with Crippen LogP contribution in [-0.2, 0) is 10.3 Å². The van der Waals surface area contributed by atoms with Gasteiger partial charge in [-0.3, -0.25) is 0 Å². The summed E-state index contributed by atoms with van der Waals surface area (Å²) in [5.41, 5.74) is 6.40. The molecule has 178 valence electrons. The first-order chi connectivity index (χ1) is 16.1. The third-order valence-electron chi connectivity index (χ3n) is 6.49. The zero-order valence-corrected chi connectivity index (χ0v) is 21.4. The van der Waals surface area contributed by atoms with E-state index in [1.807, 2.05) is 80.6 Å². The van der Waals surface area contributed by atoms with Crippen molar-refractivity contribution in [2.45, 2.75) is 5.60 Å². The van der Waals surface area contributed by atoms with Crippen molar-refractivity contribution in [3.05, 3.63) is 82.9 Å². The summed E-state index contributed by atoms with van der Waals surface area (Å²) in [7, 11) is 16.2. The largest absolute Gasteiger partial charge is 0.440 e. The zero-order valence-electron chi connectivity index (χ0n) is 21.4. The van der Waals surface area contributed by atoms with Crippen LogP contribution in [0.15, 0.2) is 60.7 Å². The molecule has 0 fully saturated rings. The quantitative estimate of drug-likeness (QED) is 0.510. The van der Waals surface area contributed by atoms with Gasteiger partial charge in [0.15, 0.2) is 5.60 Å². The Hall–Kier alpha value is -3.67. The first-order valence-electron chi connectivity index (χ1n) is 11.4. The number of nitrogens with zero attached hydrogens (tertiary/aromatic N) is 4. The second-order valence-electron chi connectivity index (χ2n) is 9.60. The van der Waals surface area contributed by atoms with Crippen LogP contribution in [0.5, 0.6) is 0 Å². The van der Waals surface area contributed by atoms with E-state index in [1.54, 1.807) is 0 Å². The summed E-state index contributed by atoms with van der Waals surface area (Å²) >= 11 is 0. The Bertz CT molecular complexity index is 1170. The average molecular weight is 459 g/mol. The van der Waals surface area contributed by atoms with Crippen LogP contribution >= 0.6 is 0 Å². The summed E-state index contributed by atoms with van der Waals surface area (Å²) in [4.78, 5) is 21.6. The van der Waals surface area contributed by atoms with E-state index in [2.05, 4.69) is 56.0 Å². The molecule has 0 radical (unpaired) electrons. The Kier molecular flexibility index (Phi) is 5.94. The Balaban J connectivity index is 2.13. The van der Waals surface area contributed by atoms with E-state index in [-0.39, 0.29) is 5.97 Å². The van der Waals surface area contributed by atoms with Gasteiger partial charge in [0, 0.05) is 95.8 Å². The van der Waals surface area contributed by atoms with Gasteiger partial charge in [0.1, 0.15) is 0 Å². The monoisotopic (exact) mass is 458 g/mol. The van der Waals surface area contributed by atoms with Gasteiger partial charge in [-0.05, 0) is 30.3 Å². The number of benzene rings is 3. The summed E-state index contributed by atoms with van der Waals surface area (Å²) < 4.78 is 6.45. The summed E-state index contributed by atoms with van der Waals surface area (Å²) in [5, 5.41) is 0. The fraction of sp³-hybridized carbons (Fsp3) is 0.321. The molecule has 0 unspecified atom stereocenters. The standard InChI is InChI=1S/C28H34N4O2/c1-29(2)19-13-15-23(25(17-19)31(5)6)28(22-12-10-9-11-21(22)27(33)34-28)24-16-14-20(30(3)4)18-26(24)32(7)8/h9-18H,1-8H3. The predicted molar refractivity (Wildman–Crippen MR) is 142 cm³/mol. The van der Waals surface area contributed by atoms with E-state index in [9.17, 15) is 4.79 Å². The highest BCUT2D eigenvalue weighted by Crippen LogP contribution is 2.52. The molecule has 6 heteroatoms. The molecule has 3 aromatic carbocycles. The molecule has 34 heavy (non-hydrogen) atoms. The number of cyclic esters (lactones) is 1. The highest BCUT2D eigenvalue weighted by molar-refractivity contribution is 5.97. The van der Waals surface area contributed by atoms with Crippen molar-refractivity contribution in [3.63, 3.8) is 0 Å². The summed E-state index contributed by atoms with van der Waals surface area (Å²) in [6.07, 6.45) is 0. The minimum absolute atomic E-state index is 0.307. The number of anilines is 4. The fourth-order valence-electron chi connectivity index (χ4n) is 4.69. The molecule has 1 aliphatic heterocycles. The normalized spacial score (nSPS) is 13.8. The van der Waals surface area contributed by atoms with Crippen LogP contribution < -0.4 is 19.6 Å². The number of esters is 1. The van der Waals surface area contributed by atoms with Crippen LogP contribution in [-0.4, -0.2) is 62.4 Å². The minimum Gasteiger partial charge on any atom is -0.440 e. The molecular formula is C28H34N4O2. The second-order valence-corrected chi connectivity index (χ2v) is 9.60. The second kappa shape index (κ2) is 8.60. The van der Waals surface area contributed by atoms with Gasteiger partial charge in [0.05, 0.1) is 5.56 Å². The smallest absolute Gasteiger partial charge is 0.340 e. The predicted octanol–water partition coefficient (Wildman–Crippen LogP) is 4.41. The fourth-order valence-corrected chi connectivity index (χ4v) is 4.69. The van der Waals surface area contributed by atoms with Gasteiger partial charge in [0.2, 0.25) is 0 Å². The number of carbonyl (C=O) groups excluding carboxylic acids is 1. The molecule has 0 N–H and O–H groups in total. The van der Waals surface area contributed by atoms with E-state index >= 15 is 0 Å². The average Bonchev–Trinajstić information content (AvgIpc) is 3.11.